The number of ether oxygens (including phenoxy) is 1. The second-order valence-electron chi connectivity index (χ2n) is 7.57. The van der Waals surface area contributed by atoms with Gasteiger partial charge in [-0.25, -0.2) is 14.4 Å². The summed E-state index contributed by atoms with van der Waals surface area (Å²) in [6.45, 7) is 4.27. The molecule has 0 aliphatic carbocycles. The Balaban J connectivity index is 1.23. The highest BCUT2D eigenvalue weighted by molar-refractivity contribution is 5.79. The number of nitrogens with zero attached hydrogens (tertiary/aromatic N) is 4. The number of hydrogen-bond acceptors (Lipinski definition) is 4. The van der Waals surface area contributed by atoms with Crippen molar-refractivity contribution in [1.82, 2.24) is 25.2 Å². The van der Waals surface area contributed by atoms with Crippen molar-refractivity contribution in [2.24, 2.45) is 4.99 Å². The second-order valence-corrected chi connectivity index (χ2v) is 7.57. The first-order chi connectivity index (χ1) is 16.1. The van der Waals surface area contributed by atoms with Crippen LogP contribution in [0.3, 0.4) is 0 Å². The van der Waals surface area contributed by atoms with E-state index in [2.05, 4.69) is 36.2 Å². The van der Waals surface area contributed by atoms with Gasteiger partial charge >= 0.3 is 0 Å². The molecule has 7 nitrogen and oxygen atoms in total. The number of pyridine rings is 1. The van der Waals surface area contributed by atoms with Crippen LogP contribution in [-0.4, -0.2) is 34.1 Å². The summed E-state index contributed by atoms with van der Waals surface area (Å²) in [5, 5.41) is 6.63. The number of nitrogens with one attached hydrogen (secondary N) is 2. The fraction of sp³-hybridized carbons (Fsp3) is 0.240. The van der Waals surface area contributed by atoms with Crippen molar-refractivity contribution in [2.75, 3.05) is 13.6 Å². The first kappa shape index (κ1) is 22.3. The molecule has 0 fully saturated rings. The number of halogens is 1. The Morgan fingerprint density at radius 1 is 1.09 bits per heavy atom. The van der Waals surface area contributed by atoms with Crippen molar-refractivity contribution in [3.05, 3.63) is 84.1 Å². The van der Waals surface area contributed by atoms with Gasteiger partial charge in [-0.3, -0.25) is 4.99 Å². The van der Waals surface area contributed by atoms with Crippen LogP contribution in [0.1, 0.15) is 17.8 Å². The predicted molar refractivity (Wildman–Crippen MR) is 128 cm³/mol. The molecule has 2 heterocycles. The maximum absolute atomic E-state index is 13.3. The maximum atomic E-state index is 13.3. The minimum atomic E-state index is -0.347. The normalized spacial score (nSPS) is 11.5. The van der Waals surface area contributed by atoms with Crippen LogP contribution in [0, 0.1) is 12.7 Å². The summed E-state index contributed by atoms with van der Waals surface area (Å²) < 4.78 is 21.1. The van der Waals surface area contributed by atoms with Gasteiger partial charge in [0.05, 0.1) is 11.0 Å². The van der Waals surface area contributed by atoms with Gasteiger partial charge in [-0.2, -0.15) is 0 Å². The summed E-state index contributed by atoms with van der Waals surface area (Å²) in [5.74, 6) is 2.23. The van der Waals surface area contributed by atoms with Crippen LogP contribution < -0.4 is 15.4 Å². The van der Waals surface area contributed by atoms with Crippen molar-refractivity contribution < 1.29 is 9.13 Å². The highest BCUT2D eigenvalue weighted by Gasteiger charge is 2.06. The monoisotopic (exact) mass is 446 g/mol. The van der Waals surface area contributed by atoms with Crippen LogP contribution in [0.2, 0.25) is 0 Å². The molecule has 0 atom stereocenters. The van der Waals surface area contributed by atoms with E-state index in [1.165, 1.54) is 12.1 Å². The van der Waals surface area contributed by atoms with E-state index in [0.29, 0.717) is 18.2 Å². The Bertz CT molecular complexity index is 1240. The van der Waals surface area contributed by atoms with Crippen LogP contribution in [-0.2, 0) is 13.1 Å². The van der Waals surface area contributed by atoms with E-state index in [4.69, 9.17) is 4.74 Å². The lowest BCUT2D eigenvalue weighted by Gasteiger charge is -2.13. The summed E-state index contributed by atoms with van der Waals surface area (Å²) in [7, 11) is 1.75. The molecule has 0 radical (unpaired) electrons. The van der Waals surface area contributed by atoms with Gasteiger partial charge in [0, 0.05) is 45.0 Å². The van der Waals surface area contributed by atoms with E-state index < -0.39 is 0 Å². The van der Waals surface area contributed by atoms with Gasteiger partial charge in [-0.15, -0.1) is 0 Å². The fourth-order valence-corrected chi connectivity index (χ4v) is 3.56. The van der Waals surface area contributed by atoms with Gasteiger partial charge in [0.2, 0.25) is 5.88 Å². The molecule has 4 rings (SSSR count). The smallest absolute Gasteiger partial charge is 0.219 e. The highest BCUT2D eigenvalue weighted by Crippen LogP contribution is 2.20. The van der Waals surface area contributed by atoms with Gasteiger partial charge < -0.3 is 19.9 Å². The van der Waals surface area contributed by atoms with Crippen molar-refractivity contribution >= 4 is 17.0 Å². The minimum absolute atomic E-state index is 0.347. The van der Waals surface area contributed by atoms with Crippen LogP contribution in [0.25, 0.3) is 11.0 Å². The largest absolute Gasteiger partial charge is 0.439 e. The third-order valence-corrected chi connectivity index (χ3v) is 5.20. The number of para-hydroxylation sites is 2. The lowest BCUT2D eigenvalue weighted by atomic mass is 10.3. The summed E-state index contributed by atoms with van der Waals surface area (Å²) in [6.07, 6.45) is 2.66. The van der Waals surface area contributed by atoms with E-state index in [1.54, 1.807) is 31.4 Å². The third kappa shape index (κ3) is 5.85. The van der Waals surface area contributed by atoms with Gasteiger partial charge in [0.15, 0.2) is 5.96 Å². The van der Waals surface area contributed by atoms with Crippen LogP contribution in [0.15, 0.2) is 71.9 Å². The number of rotatable bonds is 8. The number of benzene rings is 2. The SMILES string of the molecule is CN=C(NCCCn1c(C)nc2ccccc21)NCc1ccc(Oc2cccc(F)c2)nc1. The lowest BCUT2D eigenvalue weighted by molar-refractivity contribution is 0.457. The van der Waals surface area contributed by atoms with E-state index in [1.807, 2.05) is 31.2 Å². The molecule has 4 aromatic rings. The fourth-order valence-electron chi connectivity index (χ4n) is 3.56. The molecular formula is C25H27FN6O. The highest BCUT2D eigenvalue weighted by atomic mass is 19.1. The molecule has 0 amide bonds. The molecule has 0 saturated heterocycles. The zero-order valence-corrected chi connectivity index (χ0v) is 18.8. The quantitative estimate of drug-likeness (QED) is 0.238. The van der Waals surface area contributed by atoms with Gasteiger partial charge in [-0.05, 0) is 43.2 Å². The lowest BCUT2D eigenvalue weighted by Crippen LogP contribution is -2.37. The molecule has 0 saturated carbocycles. The Morgan fingerprint density at radius 3 is 2.76 bits per heavy atom. The number of aliphatic imine (C=N–C) groups is 1. The zero-order chi connectivity index (χ0) is 23.0. The predicted octanol–water partition coefficient (Wildman–Crippen LogP) is 4.43. The van der Waals surface area contributed by atoms with Crippen LogP contribution in [0.4, 0.5) is 4.39 Å². The molecule has 2 aromatic heterocycles. The summed E-state index contributed by atoms with van der Waals surface area (Å²) >= 11 is 0. The van der Waals surface area contributed by atoms with E-state index in [-0.39, 0.29) is 5.82 Å². The molecule has 2 N–H and O–H groups in total. The van der Waals surface area contributed by atoms with Gasteiger partial charge in [-0.1, -0.05) is 24.3 Å². The number of hydrogen-bond donors (Lipinski definition) is 2. The van der Waals surface area contributed by atoms with Crippen molar-refractivity contribution in [2.45, 2.75) is 26.4 Å². The van der Waals surface area contributed by atoms with E-state index in [9.17, 15) is 4.39 Å². The first-order valence-electron chi connectivity index (χ1n) is 10.9. The molecular weight excluding hydrogens is 419 g/mol. The molecule has 2 aromatic carbocycles. The molecule has 33 heavy (non-hydrogen) atoms. The zero-order valence-electron chi connectivity index (χ0n) is 18.8. The molecule has 0 spiro atoms. The van der Waals surface area contributed by atoms with Gasteiger partial charge in [0.25, 0.3) is 0 Å². The van der Waals surface area contributed by atoms with Crippen molar-refractivity contribution in [3.8, 4) is 11.6 Å². The van der Waals surface area contributed by atoms with Crippen LogP contribution in [0.5, 0.6) is 11.6 Å². The Morgan fingerprint density at radius 2 is 1.97 bits per heavy atom. The summed E-state index contributed by atoms with van der Waals surface area (Å²) in [4.78, 5) is 13.2. The average Bonchev–Trinajstić information content (AvgIpc) is 3.14. The number of fused-ring (bicyclic) bond motifs is 1. The molecule has 8 heteroatoms. The van der Waals surface area contributed by atoms with Crippen LogP contribution >= 0.6 is 0 Å². The number of aromatic nitrogens is 3. The molecule has 0 unspecified atom stereocenters. The standard InChI is InChI=1S/C25H27FN6O/c1-18-31-22-9-3-4-10-23(22)32(18)14-6-13-28-25(27-2)30-17-19-11-12-24(29-16-19)33-21-8-5-7-20(26)15-21/h3-5,7-12,15-16H,6,13-14,17H2,1-2H3,(H2,27,28,30). The number of imidazole rings is 1. The molecule has 0 bridgehead atoms. The molecule has 0 aliphatic heterocycles. The topological polar surface area (TPSA) is 76.4 Å². The third-order valence-electron chi connectivity index (χ3n) is 5.20. The van der Waals surface area contributed by atoms with Gasteiger partial charge in [0.1, 0.15) is 17.4 Å². The number of aryl methyl sites for hydroxylation is 2. The average molecular weight is 447 g/mol. The van der Waals surface area contributed by atoms with E-state index in [0.717, 1.165) is 47.9 Å². The van der Waals surface area contributed by atoms with Crippen molar-refractivity contribution in [1.29, 1.82) is 0 Å². The second kappa shape index (κ2) is 10.6. The molecule has 170 valence electrons. The van der Waals surface area contributed by atoms with Crippen molar-refractivity contribution in [3.63, 3.8) is 0 Å². The maximum Gasteiger partial charge on any atom is 0.219 e. The Hall–Kier alpha value is -3.94. The summed E-state index contributed by atoms with van der Waals surface area (Å²) in [5.41, 5.74) is 3.17. The van der Waals surface area contributed by atoms with E-state index >= 15 is 0 Å². The minimum Gasteiger partial charge on any atom is -0.439 e. The molecule has 0 aliphatic rings. The summed E-state index contributed by atoms with van der Waals surface area (Å²) in [6, 6.07) is 17.8. The number of guanidine groups is 1. The Labute approximate surface area is 192 Å². The Kier molecular flexibility index (Phi) is 7.14. The first-order valence-corrected chi connectivity index (χ1v) is 10.9.